The molecule has 2 rings (SSSR count). The second-order valence-electron chi connectivity index (χ2n) is 5.81. The van der Waals surface area contributed by atoms with E-state index in [1.54, 1.807) is 22.7 Å². The van der Waals surface area contributed by atoms with Crippen molar-refractivity contribution in [3.63, 3.8) is 0 Å². The highest BCUT2D eigenvalue weighted by molar-refractivity contribution is 6.31. The fourth-order valence-corrected chi connectivity index (χ4v) is 2.21. The maximum absolute atomic E-state index is 11.7. The summed E-state index contributed by atoms with van der Waals surface area (Å²) in [7, 11) is 0. The van der Waals surface area contributed by atoms with Gasteiger partial charge >= 0.3 is 12.0 Å². The minimum Gasteiger partial charge on any atom is -0.452 e. The molecule has 2 aromatic heterocycles. The SMILES string of the molecule is CC(C)CNC(=O)NC(=O)COC(=O)/C=C/c1c(Cl)nc2ccccn12. The summed E-state index contributed by atoms with van der Waals surface area (Å²) in [5.41, 5.74) is 1.15. The molecule has 3 amide bonds. The van der Waals surface area contributed by atoms with Crippen LogP contribution in [-0.2, 0) is 14.3 Å². The van der Waals surface area contributed by atoms with Crippen molar-refractivity contribution in [2.45, 2.75) is 13.8 Å². The Balaban J connectivity index is 1.84. The summed E-state index contributed by atoms with van der Waals surface area (Å²) < 4.78 is 6.50. The Morgan fingerprint density at radius 2 is 2.12 bits per heavy atom. The van der Waals surface area contributed by atoms with Gasteiger partial charge in [-0.3, -0.25) is 14.5 Å². The largest absolute Gasteiger partial charge is 0.452 e. The van der Waals surface area contributed by atoms with Crippen LogP contribution in [0.2, 0.25) is 5.15 Å². The third-order valence-electron chi connectivity index (χ3n) is 3.17. The first kappa shape index (κ1) is 19.5. The van der Waals surface area contributed by atoms with E-state index in [2.05, 4.69) is 15.6 Å². The highest BCUT2D eigenvalue weighted by Crippen LogP contribution is 2.18. The number of amides is 3. The van der Waals surface area contributed by atoms with Crippen molar-refractivity contribution in [3.8, 4) is 0 Å². The Kier molecular flexibility index (Phi) is 6.74. The molecule has 0 saturated carbocycles. The van der Waals surface area contributed by atoms with Gasteiger partial charge in [-0.2, -0.15) is 0 Å². The molecule has 2 aromatic rings. The lowest BCUT2D eigenvalue weighted by Gasteiger charge is -2.08. The molecule has 0 atom stereocenters. The van der Waals surface area contributed by atoms with E-state index in [0.717, 1.165) is 6.08 Å². The zero-order chi connectivity index (χ0) is 19.1. The zero-order valence-corrected chi connectivity index (χ0v) is 15.1. The first-order valence-electron chi connectivity index (χ1n) is 7.92. The number of urea groups is 1. The number of carbonyl (C=O) groups is 3. The normalized spacial score (nSPS) is 11.1. The van der Waals surface area contributed by atoms with Crippen LogP contribution in [0.1, 0.15) is 19.5 Å². The Morgan fingerprint density at radius 3 is 2.85 bits per heavy atom. The summed E-state index contributed by atoms with van der Waals surface area (Å²) in [6.07, 6.45) is 4.33. The number of fused-ring (bicyclic) bond motifs is 1. The fraction of sp³-hybridized carbons (Fsp3) is 0.294. The summed E-state index contributed by atoms with van der Waals surface area (Å²) in [6.45, 7) is 3.71. The number of carbonyl (C=O) groups excluding carboxylic acids is 3. The molecule has 26 heavy (non-hydrogen) atoms. The number of ether oxygens (including phenoxy) is 1. The van der Waals surface area contributed by atoms with Gasteiger partial charge in [0.05, 0.1) is 5.69 Å². The molecule has 0 aliphatic rings. The van der Waals surface area contributed by atoms with Gasteiger partial charge in [-0.15, -0.1) is 0 Å². The molecule has 0 aliphatic carbocycles. The number of imide groups is 1. The number of aromatic nitrogens is 2. The van der Waals surface area contributed by atoms with Crippen molar-refractivity contribution >= 4 is 41.2 Å². The average Bonchev–Trinajstić information content (AvgIpc) is 2.91. The maximum Gasteiger partial charge on any atom is 0.331 e. The van der Waals surface area contributed by atoms with E-state index >= 15 is 0 Å². The van der Waals surface area contributed by atoms with Crippen molar-refractivity contribution < 1.29 is 19.1 Å². The molecule has 9 heteroatoms. The second-order valence-corrected chi connectivity index (χ2v) is 6.17. The monoisotopic (exact) mass is 378 g/mol. The van der Waals surface area contributed by atoms with Gasteiger partial charge in [-0.05, 0) is 24.1 Å². The molecule has 2 N–H and O–H groups in total. The minimum atomic E-state index is -0.746. The van der Waals surface area contributed by atoms with Crippen molar-refractivity contribution in [3.05, 3.63) is 41.3 Å². The number of esters is 1. The van der Waals surface area contributed by atoms with Gasteiger partial charge in [0.2, 0.25) is 0 Å². The molecule has 0 aromatic carbocycles. The van der Waals surface area contributed by atoms with Crippen LogP contribution in [-0.4, -0.2) is 40.4 Å². The number of pyridine rings is 1. The number of hydrogen-bond acceptors (Lipinski definition) is 5. The molecular weight excluding hydrogens is 360 g/mol. The molecule has 0 fully saturated rings. The molecule has 0 saturated heterocycles. The lowest BCUT2D eigenvalue weighted by atomic mass is 10.2. The topological polar surface area (TPSA) is 102 Å². The minimum absolute atomic E-state index is 0.236. The Labute approximate surface area is 155 Å². The van der Waals surface area contributed by atoms with E-state index in [0.29, 0.717) is 17.9 Å². The van der Waals surface area contributed by atoms with Crippen LogP contribution in [0.25, 0.3) is 11.7 Å². The Bertz CT molecular complexity index is 844. The third kappa shape index (κ3) is 5.59. The van der Waals surface area contributed by atoms with E-state index in [1.165, 1.54) is 6.08 Å². The number of nitrogens with one attached hydrogen (secondary N) is 2. The molecule has 0 spiro atoms. The first-order chi connectivity index (χ1) is 12.4. The first-order valence-corrected chi connectivity index (χ1v) is 8.29. The van der Waals surface area contributed by atoms with E-state index in [4.69, 9.17) is 16.3 Å². The van der Waals surface area contributed by atoms with Crippen molar-refractivity contribution in [2.24, 2.45) is 5.92 Å². The summed E-state index contributed by atoms with van der Waals surface area (Å²) in [5.74, 6) is -1.21. The quantitative estimate of drug-likeness (QED) is 0.591. The fourth-order valence-electron chi connectivity index (χ4n) is 1.97. The van der Waals surface area contributed by atoms with E-state index in [9.17, 15) is 14.4 Å². The molecular formula is C17H19ClN4O4. The van der Waals surface area contributed by atoms with Crippen LogP contribution in [0, 0.1) is 5.92 Å². The van der Waals surface area contributed by atoms with E-state index in [1.807, 2.05) is 19.9 Å². The van der Waals surface area contributed by atoms with Crippen LogP contribution >= 0.6 is 11.6 Å². The lowest BCUT2D eigenvalue weighted by Crippen LogP contribution is -2.42. The maximum atomic E-state index is 11.7. The molecule has 2 heterocycles. The van der Waals surface area contributed by atoms with Crippen LogP contribution in [0.5, 0.6) is 0 Å². The molecule has 0 aliphatic heterocycles. The average molecular weight is 379 g/mol. The highest BCUT2D eigenvalue weighted by atomic mass is 35.5. The molecule has 138 valence electrons. The standard InChI is InChI=1S/C17H19ClN4O4/c1-11(2)9-19-17(25)21-14(23)10-26-15(24)7-6-12-16(18)20-13-5-3-4-8-22(12)13/h3-8,11H,9-10H2,1-2H3,(H2,19,21,23,25)/b7-6+. The number of halogens is 1. The van der Waals surface area contributed by atoms with Crippen LogP contribution in [0.4, 0.5) is 4.79 Å². The number of nitrogens with zero attached hydrogens (tertiary/aromatic N) is 2. The van der Waals surface area contributed by atoms with Crippen molar-refractivity contribution in [1.82, 2.24) is 20.0 Å². The van der Waals surface area contributed by atoms with Crippen molar-refractivity contribution in [2.75, 3.05) is 13.2 Å². The number of hydrogen-bond donors (Lipinski definition) is 2. The van der Waals surface area contributed by atoms with Gasteiger partial charge in [-0.1, -0.05) is 31.5 Å². The predicted octanol–water partition coefficient (Wildman–Crippen LogP) is 2.03. The van der Waals surface area contributed by atoms with E-state index < -0.39 is 24.5 Å². The molecule has 0 radical (unpaired) electrons. The molecule has 0 unspecified atom stereocenters. The third-order valence-corrected chi connectivity index (χ3v) is 3.45. The smallest absolute Gasteiger partial charge is 0.331 e. The summed E-state index contributed by atoms with van der Waals surface area (Å²) >= 11 is 6.04. The lowest BCUT2D eigenvalue weighted by molar-refractivity contribution is -0.143. The zero-order valence-electron chi connectivity index (χ0n) is 14.4. The second kappa shape index (κ2) is 9.00. The van der Waals surface area contributed by atoms with Gasteiger partial charge in [0.25, 0.3) is 5.91 Å². The van der Waals surface area contributed by atoms with Gasteiger partial charge in [0.15, 0.2) is 11.8 Å². The Hall–Kier alpha value is -2.87. The van der Waals surface area contributed by atoms with Crippen molar-refractivity contribution in [1.29, 1.82) is 0 Å². The number of imidazole rings is 1. The van der Waals surface area contributed by atoms with Gasteiger partial charge in [-0.25, -0.2) is 14.6 Å². The summed E-state index contributed by atoms with van der Waals surface area (Å²) in [5, 5.41) is 4.82. The van der Waals surface area contributed by atoms with Gasteiger partial charge in [0, 0.05) is 18.8 Å². The van der Waals surface area contributed by atoms with Gasteiger partial charge in [0.1, 0.15) is 5.65 Å². The highest BCUT2D eigenvalue weighted by Gasteiger charge is 2.11. The van der Waals surface area contributed by atoms with E-state index in [-0.39, 0.29) is 11.1 Å². The molecule has 8 nitrogen and oxygen atoms in total. The van der Waals surface area contributed by atoms with Crippen LogP contribution < -0.4 is 10.6 Å². The summed E-state index contributed by atoms with van der Waals surface area (Å²) in [6, 6.07) is 4.76. The number of rotatable bonds is 6. The molecule has 0 bridgehead atoms. The Morgan fingerprint density at radius 1 is 1.35 bits per heavy atom. The summed E-state index contributed by atoms with van der Waals surface area (Å²) in [4.78, 5) is 38.9. The van der Waals surface area contributed by atoms with Crippen LogP contribution in [0.15, 0.2) is 30.5 Å². The van der Waals surface area contributed by atoms with Gasteiger partial charge < -0.3 is 10.1 Å². The predicted molar refractivity (Wildman–Crippen MR) is 96.6 cm³/mol. The van der Waals surface area contributed by atoms with Crippen LogP contribution in [0.3, 0.4) is 0 Å².